The van der Waals surface area contributed by atoms with Gasteiger partial charge in [0.15, 0.2) is 34.4 Å². The van der Waals surface area contributed by atoms with Crippen LogP contribution >= 0.6 is 31.9 Å². The fourth-order valence-corrected chi connectivity index (χ4v) is 11.7. The lowest BCUT2D eigenvalue weighted by Crippen LogP contribution is -2.18. The normalized spacial score (nSPS) is 11.4. The van der Waals surface area contributed by atoms with Crippen LogP contribution in [0.15, 0.2) is 167 Å². The number of hydrogen-bond donors (Lipinski definition) is 6. The fourth-order valence-electron chi connectivity index (χ4n) is 8.63. The number of benzene rings is 5. The van der Waals surface area contributed by atoms with Gasteiger partial charge in [0.1, 0.15) is 51.6 Å². The number of nitrogens with one attached hydrogen (secondary N) is 5. The Morgan fingerprint density at radius 2 is 0.841 bits per heavy atom. The van der Waals surface area contributed by atoms with Crippen LogP contribution in [-0.4, -0.2) is 84.7 Å². The minimum absolute atomic E-state index is 0.0590. The van der Waals surface area contributed by atoms with Gasteiger partial charge in [-0.1, -0.05) is 60.7 Å². The third-order valence-corrected chi connectivity index (χ3v) is 16.1. The van der Waals surface area contributed by atoms with Crippen LogP contribution in [0.25, 0.3) is 44.2 Å². The lowest BCUT2D eigenvalue weighted by molar-refractivity contribution is 0.102. The average molecular weight is 1370 g/mol. The third-order valence-electron chi connectivity index (χ3n) is 12.8. The van der Waals surface area contributed by atoms with Gasteiger partial charge in [-0.15, -0.1) is 0 Å². The van der Waals surface area contributed by atoms with E-state index in [0.29, 0.717) is 47.4 Å². The molecule has 0 unspecified atom stereocenters. The maximum absolute atomic E-state index is 15.3. The number of halogens is 8. The van der Waals surface area contributed by atoms with E-state index < -0.39 is 112 Å². The van der Waals surface area contributed by atoms with Crippen molar-refractivity contribution in [2.75, 3.05) is 15.2 Å². The summed E-state index contributed by atoms with van der Waals surface area (Å²) in [4.78, 5) is 54.8. The van der Waals surface area contributed by atoms with Gasteiger partial charge < -0.3 is 5.73 Å². The Balaban J connectivity index is 0.000000151. The topological polar surface area (TPSA) is 307 Å². The van der Waals surface area contributed by atoms with Crippen molar-refractivity contribution in [3.8, 4) is 11.1 Å². The summed E-state index contributed by atoms with van der Waals surface area (Å²) in [6, 6.07) is 30.2. The zero-order chi connectivity index (χ0) is 62.6. The SMILES string of the molecule is Nc1c(F)ccc(C(=O)c2[nH]nc3ncc(Br)cc23)c1F.O=C(c1ccc(F)c(NS(=O)(=O)Cc2ccccc2)c1F)c1[nH]nc2ncc(-c3ccncc3)cc12.O=C(c1ccc(F)c(NS(=O)(=O)Cc2ccccc2)c1F)c1[nH]nc2ncc(Br)cc12. The quantitative estimate of drug-likeness (QED) is 0.0316. The first-order valence-corrected chi connectivity index (χ1v) is 30.1. The molecule has 20 nitrogen and oxygen atoms in total. The minimum Gasteiger partial charge on any atom is -0.394 e. The molecule has 7 N–H and O–H groups in total. The number of H-pyrrole nitrogens is 3. The molecule has 0 fully saturated rings. The maximum Gasteiger partial charge on any atom is 0.237 e. The number of fused-ring (bicyclic) bond motifs is 3. The van der Waals surface area contributed by atoms with E-state index >= 15 is 8.78 Å². The average Bonchev–Trinajstić information content (AvgIpc) is 3.76. The van der Waals surface area contributed by atoms with E-state index in [1.54, 1.807) is 110 Å². The molecule has 12 aromatic rings. The maximum atomic E-state index is 15.3. The first kappa shape index (κ1) is 61.1. The molecule has 0 aliphatic rings. The number of ketones is 3. The number of pyridine rings is 4. The first-order chi connectivity index (χ1) is 42.1. The molecular weight excluding hydrogens is 1330 g/mol. The van der Waals surface area contributed by atoms with Crippen LogP contribution in [0.3, 0.4) is 0 Å². The molecule has 5 aromatic carbocycles. The van der Waals surface area contributed by atoms with Crippen LogP contribution in [0, 0.1) is 34.9 Å². The van der Waals surface area contributed by atoms with E-state index in [4.69, 9.17) is 5.73 Å². The molecule has 0 amide bonds. The summed E-state index contributed by atoms with van der Waals surface area (Å²) < 4.78 is 141. The Bertz CT molecular complexity index is 4940. The van der Waals surface area contributed by atoms with E-state index in [-0.39, 0.29) is 33.9 Å². The molecule has 7 heterocycles. The summed E-state index contributed by atoms with van der Waals surface area (Å²) in [5.41, 5.74) is 4.35. The molecule has 0 aliphatic carbocycles. The van der Waals surface area contributed by atoms with Crippen LogP contribution < -0.4 is 15.2 Å². The van der Waals surface area contributed by atoms with E-state index in [0.717, 1.165) is 42.0 Å². The van der Waals surface area contributed by atoms with Gasteiger partial charge >= 0.3 is 0 Å². The number of sulfonamides is 2. The molecule has 7 aromatic heterocycles. The number of nitrogens with two attached hydrogens (primary N) is 1. The Labute approximate surface area is 509 Å². The Morgan fingerprint density at radius 1 is 0.466 bits per heavy atom. The van der Waals surface area contributed by atoms with Crippen LogP contribution in [0.5, 0.6) is 0 Å². The molecule has 0 saturated heterocycles. The summed E-state index contributed by atoms with van der Waals surface area (Å²) in [5.74, 6) is -10.3. The smallest absolute Gasteiger partial charge is 0.237 e. The highest BCUT2D eigenvalue weighted by molar-refractivity contribution is 9.10. The second kappa shape index (κ2) is 25.5. The van der Waals surface area contributed by atoms with E-state index in [2.05, 4.69) is 82.4 Å². The van der Waals surface area contributed by atoms with Gasteiger partial charge in [-0.25, -0.2) is 58.1 Å². The van der Waals surface area contributed by atoms with Crippen molar-refractivity contribution in [3.63, 3.8) is 0 Å². The zero-order valence-electron chi connectivity index (χ0n) is 44.3. The summed E-state index contributed by atoms with van der Waals surface area (Å²) in [6.45, 7) is 0. The second-order valence-corrected chi connectivity index (χ2v) is 24.0. The van der Waals surface area contributed by atoms with E-state index in [9.17, 15) is 48.8 Å². The number of aromatic nitrogens is 10. The second-order valence-electron chi connectivity index (χ2n) is 18.7. The molecule has 0 spiro atoms. The fraction of sp³-hybridized carbons (Fsp3) is 0.0345. The number of nitrogens with zero attached hydrogens (tertiary/aromatic N) is 7. The van der Waals surface area contributed by atoms with Crippen LogP contribution in [-0.2, 0) is 31.6 Å². The number of nitrogen functional groups attached to an aromatic ring is 1. The third kappa shape index (κ3) is 13.3. The molecule has 0 aliphatic heterocycles. The monoisotopic (exact) mass is 1360 g/mol. The lowest BCUT2D eigenvalue weighted by Gasteiger charge is -2.12. The van der Waals surface area contributed by atoms with Crippen molar-refractivity contribution in [1.29, 1.82) is 0 Å². The first-order valence-electron chi connectivity index (χ1n) is 25.2. The van der Waals surface area contributed by atoms with Gasteiger partial charge in [-0.2, -0.15) is 15.3 Å². The number of anilines is 3. The number of hydrogen-bond acceptors (Lipinski definition) is 15. The van der Waals surface area contributed by atoms with Crippen molar-refractivity contribution in [1.82, 2.24) is 50.5 Å². The summed E-state index contributed by atoms with van der Waals surface area (Å²) in [6.07, 6.45) is 7.79. The highest BCUT2D eigenvalue weighted by atomic mass is 79.9. The van der Waals surface area contributed by atoms with Crippen molar-refractivity contribution in [2.24, 2.45) is 0 Å². The zero-order valence-corrected chi connectivity index (χ0v) is 49.1. The van der Waals surface area contributed by atoms with Crippen molar-refractivity contribution in [2.45, 2.75) is 11.5 Å². The van der Waals surface area contributed by atoms with Gasteiger partial charge in [-0.3, -0.25) is 44.1 Å². The van der Waals surface area contributed by atoms with Crippen LogP contribution in [0.1, 0.15) is 59.3 Å². The van der Waals surface area contributed by atoms with E-state index in [1.807, 2.05) is 9.44 Å². The number of aromatic amines is 3. The van der Waals surface area contributed by atoms with Crippen LogP contribution in [0.4, 0.5) is 43.4 Å². The Morgan fingerprint density at radius 3 is 1.26 bits per heavy atom. The summed E-state index contributed by atoms with van der Waals surface area (Å²) in [5, 5.41) is 20.4. The Hall–Kier alpha value is -10.0. The van der Waals surface area contributed by atoms with Gasteiger partial charge in [0.25, 0.3) is 0 Å². The molecule has 444 valence electrons. The lowest BCUT2D eigenvalue weighted by atomic mass is 10.0. The van der Waals surface area contributed by atoms with Crippen molar-refractivity contribution in [3.05, 3.63) is 247 Å². The largest absolute Gasteiger partial charge is 0.394 e. The summed E-state index contributed by atoms with van der Waals surface area (Å²) >= 11 is 6.47. The van der Waals surface area contributed by atoms with E-state index in [1.165, 1.54) is 12.4 Å². The molecule has 0 saturated carbocycles. The van der Waals surface area contributed by atoms with Gasteiger partial charge in [-0.05, 0) is 115 Å². The van der Waals surface area contributed by atoms with Crippen LogP contribution in [0.2, 0.25) is 0 Å². The highest BCUT2D eigenvalue weighted by Crippen LogP contribution is 2.32. The standard InChI is InChI=1S/C25H17F2N5O3S.C20H13BrF2N4O3S.C13H7BrF2N4O/c26-20-7-6-18(21(27)23(20)32-36(34,35)14-15-4-2-1-3-5-15)24(33)22-19-12-17(13-29-25(19)31-30-22)16-8-10-28-11-9-16;21-12-8-14-17(25-26-20(14)24-9-12)19(28)13-6-7-15(22)18(16(13)23)27-31(29,30)10-11-4-2-1-3-5-11;14-5-3-7-11(19-20-13(7)18-4-5)12(21)6-1-2-8(15)10(17)9(6)16/h1-13,32H,14H2,(H,29,30,31);1-9,27H,10H2,(H,24,25,26);1-4H,17H2,(H,18,19,20). The molecule has 88 heavy (non-hydrogen) atoms. The number of rotatable bonds is 15. The summed E-state index contributed by atoms with van der Waals surface area (Å²) in [7, 11) is -8.32. The highest BCUT2D eigenvalue weighted by Gasteiger charge is 2.29. The Kier molecular flexibility index (Phi) is 17.7. The molecule has 0 bridgehead atoms. The predicted molar refractivity (Wildman–Crippen MR) is 319 cm³/mol. The number of carbonyl (C=O) groups is 3. The van der Waals surface area contributed by atoms with Gasteiger partial charge in [0.2, 0.25) is 37.4 Å². The molecular formula is C58H37Br2F6N13O7S2. The predicted octanol–water partition coefficient (Wildman–Crippen LogP) is 11.5. The van der Waals surface area contributed by atoms with Crippen molar-refractivity contribution >= 4 is 119 Å². The van der Waals surface area contributed by atoms with Gasteiger partial charge in [0.05, 0.1) is 44.4 Å². The number of carbonyl (C=O) groups excluding carboxylic acids is 3. The molecule has 0 radical (unpaired) electrons. The molecule has 0 atom stereocenters. The van der Waals surface area contributed by atoms with Crippen molar-refractivity contribution < 1.29 is 57.6 Å². The minimum atomic E-state index is -4.18. The molecule has 12 rings (SSSR count). The molecule has 30 heteroatoms. The van der Waals surface area contributed by atoms with Gasteiger partial charge in [0, 0.05) is 45.5 Å².